The number of hydrogen-bond donors (Lipinski definition) is 2. The van der Waals surface area contributed by atoms with Crippen LogP contribution in [0, 0.1) is 17.3 Å². The molecular formula is C43H52N6O8S. The number of amides is 4. The van der Waals surface area contributed by atoms with Gasteiger partial charge in [-0.1, -0.05) is 32.9 Å². The molecule has 8 rings (SSSR count). The number of likely N-dealkylation sites (tertiary alicyclic amines) is 2. The molecule has 3 aliphatic heterocycles. The van der Waals surface area contributed by atoms with Crippen LogP contribution in [0.4, 0.5) is 0 Å². The number of fused-ring (bicyclic) bond motifs is 3. The molecule has 0 unspecified atom stereocenters. The summed E-state index contributed by atoms with van der Waals surface area (Å²) in [5.41, 5.74) is 0.726. The Morgan fingerprint density at radius 3 is 2.53 bits per heavy atom. The van der Waals surface area contributed by atoms with Crippen molar-refractivity contribution >= 4 is 44.6 Å². The Hall–Kier alpha value is -5.05. The van der Waals surface area contributed by atoms with E-state index in [4.69, 9.17) is 14.5 Å². The molecule has 5 heterocycles. The van der Waals surface area contributed by atoms with Gasteiger partial charge in [0, 0.05) is 61.5 Å². The smallest absolute Gasteiger partial charge is 0.259 e. The number of carbonyl (C=O) groups excluding carboxylic acids is 4. The first-order valence-corrected chi connectivity index (χ1v) is 22.0. The Balaban J connectivity index is 1.12. The fourth-order valence-corrected chi connectivity index (χ4v) is 10.0. The van der Waals surface area contributed by atoms with Crippen molar-refractivity contribution in [2.75, 3.05) is 26.2 Å². The van der Waals surface area contributed by atoms with Crippen molar-refractivity contribution in [3.63, 3.8) is 0 Å². The molecule has 1 aromatic carbocycles. The molecule has 0 radical (unpaired) electrons. The topological polar surface area (TPSA) is 177 Å². The summed E-state index contributed by atoms with van der Waals surface area (Å²) in [5.74, 6) is -1.90. The van der Waals surface area contributed by atoms with Crippen molar-refractivity contribution in [1.82, 2.24) is 29.8 Å². The molecule has 5 aliphatic rings. The lowest BCUT2D eigenvalue weighted by Crippen LogP contribution is -2.57. The number of aromatic nitrogens is 2. The van der Waals surface area contributed by atoms with Gasteiger partial charge in [-0.3, -0.25) is 28.9 Å². The SMILES string of the molecule is C=C[C@@H]1C[C@]1(NC(=O)[C@@H]1C[C@@H](Oc2cc(-c3ccccn3)nc3c4c(ccc23)OCC4)CN1C(=O)[C@@H](CC(=O)N1CCCCC1)C(C)(C)C)C(=O)NS(=O)(=O)C1CC1. The lowest BCUT2D eigenvalue weighted by molar-refractivity contribution is -0.148. The summed E-state index contributed by atoms with van der Waals surface area (Å²) < 4.78 is 40.5. The van der Waals surface area contributed by atoms with Gasteiger partial charge in [0.15, 0.2) is 0 Å². The van der Waals surface area contributed by atoms with Crippen molar-refractivity contribution in [2.45, 2.75) is 101 Å². The molecule has 308 valence electrons. The second-order valence-electron chi connectivity index (χ2n) is 17.5. The number of pyridine rings is 2. The van der Waals surface area contributed by atoms with Crippen LogP contribution in [-0.4, -0.2) is 101 Å². The molecule has 5 atom stereocenters. The van der Waals surface area contributed by atoms with Crippen molar-refractivity contribution in [3.8, 4) is 22.9 Å². The zero-order valence-electron chi connectivity index (χ0n) is 33.4. The maximum atomic E-state index is 14.9. The molecule has 2 aliphatic carbocycles. The van der Waals surface area contributed by atoms with Crippen LogP contribution in [0.2, 0.25) is 0 Å². The first-order chi connectivity index (χ1) is 27.7. The first-order valence-electron chi connectivity index (χ1n) is 20.4. The monoisotopic (exact) mass is 812 g/mol. The van der Waals surface area contributed by atoms with Crippen LogP contribution in [0.25, 0.3) is 22.3 Å². The molecular weight excluding hydrogens is 761 g/mol. The number of ether oxygens (including phenoxy) is 2. The summed E-state index contributed by atoms with van der Waals surface area (Å²) in [4.78, 5) is 69.7. The summed E-state index contributed by atoms with van der Waals surface area (Å²) in [6.45, 7) is 11.4. The third-order valence-electron chi connectivity index (χ3n) is 12.4. The largest absolute Gasteiger partial charge is 0.493 e. The Labute approximate surface area is 339 Å². The van der Waals surface area contributed by atoms with Gasteiger partial charge in [0.1, 0.15) is 29.2 Å². The number of nitrogens with one attached hydrogen (secondary N) is 2. The number of nitrogens with zero attached hydrogens (tertiary/aromatic N) is 4. The van der Waals surface area contributed by atoms with Crippen LogP contribution in [-0.2, 0) is 35.6 Å². The molecule has 14 nitrogen and oxygen atoms in total. The number of carbonyl (C=O) groups is 4. The van der Waals surface area contributed by atoms with Gasteiger partial charge in [-0.05, 0) is 68.2 Å². The van der Waals surface area contributed by atoms with Crippen LogP contribution in [0.5, 0.6) is 11.5 Å². The lowest BCUT2D eigenvalue weighted by Gasteiger charge is -2.36. The Morgan fingerprint density at radius 2 is 1.86 bits per heavy atom. The highest BCUT2D eigenvalue weighted by atomic mass is 32.2. The number of hydrogen-bond acceptors (Lipinski definition) is 10. The van der Waals surface area contributed by atoms with Crippen molar-refractivity contribution in [1.29, 1.82) is 0 Å². The van der Waals surface area contributed by atoms with Gasteiger partial charge in [-0.2, -0.15) is 0 Å². The van der Waals surface area contributed by atoms with Gasteiger partial charge < -0.3 is 24.6 Å². The summed E-state index contributed by atoms with van der Waals surface area (Å²) in [6, 6.07) is 10.1. The van der Waals surface area contributed by atoms with E-state index in [9.17, 15) is 27.6 Å². The van der Waals surface area contributed by atoms with Crippen LogP contribution in [0.15, 0.2) is 55.3 Å². The quantitative estimate of drug-likeness (QED) is 0.251. The van der Waals surface area contributed by atoms with E-state index < -0.39 is 62.0 Å². The van der Waals surface area contributed by atoms with Crippen LogP contribution in [0.1, 0.15) is 77.7 Å². The Kier molecular flexibility index (Phi) is 10.5. The zero-order valence-corrected chi connectivity index (χ0v) is 34.2. The van der Waals surface area contributed by atoms with Crippen molar-refractivity contribution in [2.24, 2.45) is 17.3 Å². The zero-order chi connectivity index (χ0) is 41.0. The maximum absolute atomic E-state index is 14.9. The van der Waals surface area contributed by atoms with Gasteiger partial charge >= 0.3 is 0 Å². The van der Waals surface area contributed by atoms with Crippen LogP contribution in [0.3, 0.4) is 0 Å². The molecule has 2 saturated carbocycles. The lowest BCUT2D eigenvalue weighted by atomic mass is 9.77. The second-order valence-corrected chi connectivity index (χ2v) is 19.4. The second kappa shape index (κ2) is 15.3. The number of benzene rings is 1. The maximum Gasteiger partial charge on any atom is 0.259 e. The van der Waals surface area contributed by atoms with E-state index in [1.54, 1.807) is 6.20 Å². The predicted molar refractivity (Wildman–Crippen MR) is 216 cm³/mol. The average molecular weight is 813 g/mol. The fourth-order valence-electron chi connectivity index (χ4n) is 8.67. The molecule has 4 fully saturated rings. The third kappa shape index (κ3) is 7.76. The van der Waals surface area contributed by atoms with Gasteiger partial charge in [0.05, 0.1) is 41.2 Å². The van der Waals surface area contributed by atoms with Crippen molar-refractivity contribution < 1.29 is 37.1 Å². The molecule has 2 saturated heterocycles. The van der Waals surface area contributed by atoms with Crippen LogP contribution >= 0.6 is 0 Å². The molecule has 3 aromatic rings. The minimum Gasteiger partial charge on any atom is -0.493 e. The van der Waals surface area contributed by atoms with Gasteiger partial charge in [0.25, 0.3) is 5.91 Å². The van der Waals surface area contributed by atoms with E-state index in [2.05, 4.69) is 21.6 Å². The average Bonchev–Trinajstić information content (AvgIpc) is 4.09. The Bertz CT molecular complexity index is 2250. The summed E-state index contributed by atoms with van der Waals surface area (Å²) >= 11 is 0. The molecule has 58 heavy (non-hydrogen) atoms. The molecule has 2 aromatic heterocycles. The first kappa shape index (κ1) is 39.8. The molecule has 4 amide bonds. The number of sulfonamides is 1. The summed E-state index contributed by atoms with van der Waals surface area (Å²) in [6.07, 6.45) is 7.26. The summed E-state index contributed by atoms with van der Waals surface area (Å²) in [7, 11) is -3.90. The van der Waals surface area contributed by atoms with E-state index in [-0.39, 0.29) is 37.6 Å². The van der Waals surface area contributed by atoms with E-state index in [1.165, 1.54) is 11.0 Å². The van der Waals surface area contributed by atoms with Gasteiger partial charge in [-0.25, -0.2) is 13.4 Å². The van der Waals surface area contributed by atoms with E-state index in [1.807, 2.05) is 62.1 Å². The highest BCUT2D eigenvalue weighted by molar-refractivity contribution is 7.91. The van der Waals surface area contributed by atoms with E-state index >= 15 is 0 Å². The minimum absolute atomic E-state index is 0.0157. The minimum atomic E-state index is -3.90. The van der Waals surface area contributed by atoms with Crippen molar-refractivity contribution in [3.05, 3.63) is 60.8 Å². The molecule has 0 spiro atoms. The van der Waals surface area contributed by atoms with E-state index in [0.29, 0.717) is 56.1 Å². The molecule has 0 bridgehead atoms. The number of rotatable bonds is 12. The standard InChI is InChI=1S/C43H52N6O8S/c1-5-26-24-43(26,41(53)47-58(54,55)28-12-13-28)46-39(51)34-21-27(25-49(34)40(52)31(42(2,3)4)22-37(50)48-18-9-6-10-19-48)57-36-23-33(32-11-7-8-17-44-32)45-38-29(36)14-15-35-30(38)16-20-56-35/h5,7-8,11,14-15,17,23,26-28,31,34H,1,6,9-10,12-13,16,18-22,24-25H2,2-4H3,(H,46,51)(H,47,53)/t26-,27-,31-,34+,43-/m1/s1. The molecule has 15 heteroatoms. The Morgan fingerprint density at radius 1 is 1.09 bits per heavy atom. The summed E-state index contributed by atoms with van der Waals surface area (Å²) in [5, 5.41) is 2.99. The van der Waals surface area contributed by atoms with Gasteiger partial charge in [0.2, 0.25) is 27.7 Å². The number of piperidine rings is 1. The molecule has 2 N–H and O–H groups in total. The highest BCUT2D eigenvalue weighted by Crippen LogP contribution is 2.46. The van der Waals surface area contributed by atoms with E-state index in [0.717, 1.165) is 41.5 Å². The van der Waals surface area contributed by atoms with Gasteiger partial charge in [-0.15, -0.1) is 6.58 Å². The normalized spacial score (nSPS) is 24.7. The highest BCUT2D eigenvalue weighted by Gasteiger charge is 2.62. The van der Waals surface area contributed by atoms with Crippen LogP contribution < -0.4 is 19.5 Å². The fraction of sp³-hybridized carbons (Fsp3) is 0.535. The third-order valence-corrected chi connectivity index (χ3v) is 14.2. The predicted octanol–water partition coefficient (Wildman–Crippen LogP) is 4.31.